The number of benzene rings is 1. The van der Waals surface area contributed by atoms with Crippen molar-refractivity contribution in [1.29, 1.82) is 0 Å². The Morgan fingerprint density at radius 3 is 2.95 bits per heavy atom. The Morgan fingerprint density at radius 2 is 2.32 bits per heavy atom. The number of morpholine rings is 1. The van der Waals surface area contributed by atoms with Gasteiger partial charge < -0.3 is 20.5 Å². The van der Waals surface area contributed by atoms with E-state index in [0.717, 1.165) is 5.56 Å². The average Bonchev–Trinajstić information content (AvgIpc) is 2.38. The summed E-state index contributed by atoms with van der Waals surface area (Å²) in [6.07, 6.45) is -0.132. The van der Waals surface area contributed by atoms with Crippen LogP contribution in [-0.2, 0) is 4.74 Å². The topological polar surface area (TPSA) is 75.8 Å². The van der Waals surface area contributed by atoms with Gasteiger partial charge in [-0.2, -0.15) is 0 Å². The van der Waals surface area contributed by atoms with Crippen molar-refractivity contribution in [3.05, 3.63) is 29.3 Å². The second kappa shape index (κ2) is 5.59. The van der Waals surface area contributed by atoms with Gasteiger partial charge in [0.05, 0.1) is 24.3 Å². The van der Waals surface area contributed by atoms with Gasteiger partial charge in [-0.05, 0) is 31.5 Å². The number of rotatable bonds is 2. The molecule has 1 aromatic rings. The van der Waals surface area contributed by atoms with Gasteiger partial charge in [0.1, 0.15) is 5.75 Å². The highest BCUT2D eigenvalue weighted by atomic mass is 16.5. The molecule has 5 heteroatoms. The number of nitrogens with zero attached hydrogens (tertiary/aromatic N) is 1. The van der Waals surface area contributed by atoms with Crippen LogP contribution in [0.2, 0.25) is 0 Å². The number of aromatic hydroxyl groups is 1. The summed E-state index contributed by atoms with van der Waals surface area (Å²) in [5.74, 6) is -0.153. The van der Waals surface area contributed by atoms with E-state index >= 15 is 0 Å². The third-order valence-corrected chi connectivity index (χ3v) is 3.41. The van der Waals surface area contributed by atoms with Crippen LogP contribution >= 0.6 is 0 Å². The molecule has 1 saturated heterocycles. The smallest absolute Gasteiger partial charge is 0.258 e. The summed E-state index contributed by atoms with van der Waals surface area (Å²) in [5.41, 5.74) is 6.84. The highest BCUT2D eigenvalue weighted by Crippen LogP contribution is 2.23. The third kappa shape index (κ3) is 2.88. The van der Waals surface area contributed by atoms with E-state index in [1.54, 1.807) is 17.0 Å². The van der Waals surface area contributed by atoms with Gasteiger partial charge in [-0.15, -0.1) is 0 Å². The summed E-state index contributed by atoms with van der Waals surface area (Å²) in [5, 5.41) is 9.90. The zero-order chi connectivity index (χ0) is 14.0. The number of hydrogen-bond acceptors (Lipinski definition) is 4. The molecule has 1 amide bonds. The molecule has 2 rings (SSSR count). The van der Waals surface area contributed by atoms with Gasteiger partial charge in [0.25, 0.3) is 5.91 Å². The highest BCUT2D eigenvalue weighted by molar-refractivity contribution is 5.97. The molecule has 0 spiro atoms. The van der Waals surface area contributed by atoms with Crippen LogP contribution in [0, 0.1) is 6.92 Å². The minimum Gasteiger partial charge on any atom is -0.507 e. The monoisotopic (exact) mass is 264 g/mol. The van der Waals surface area contributed by atoms with Crippen LogP contribution < -0.4 is 5.73 Å². The molecule has 1 aliphatic heterocycles. The first-order chi connectivity index (χ1) is 9.02. The predicted molar refractivity (Wildman–Crippen MR) is 72.1 cm³/mol. The zero-order valence-electron chi connectivity index (χ0n) is 11.3. The first-order valence-electron chi connectivity index (χ1n) is 6.45. The molecule has 0 saturated carbocycles. The lowest BCUT2D eigenvalue weighted by Gasteiger charge is -2.37. The molecule has 2 atom stereocenters. The van der Waals surface area contributed by atoms with E-state index < -0.39 is 0 Å². The highest BCUT2D eigenvalue weighted by Gasteiger charge is 2.30. The van der Waals surface area contributed by atoms with Crippen LogP contribution in [0.3, 0.4) is 0 Å². The lowest BCUT2D eigenvalue weighted by Crippen LogP contribution is -2.52. The summed E-state index contributed by atoms with van der Waals surface area (Å²) in [4.78, 5) is 14.2. The number of hydrogen-bond donors (Lipinski definition) is 2. The number of nitrogens with two attached hydrogens (primary N) is 1. The van der Waals surface area contributed by atoms with E-state index in [4.69, 9.17) is 10.5 Å². The van der Waals surface area contributed by atoms with Crippen LogP contribution in [-0.4, -0.2) is 47.8 Å². The molecule has 3 N–H and O–H groups in total. The van der Waals surface area contributed by atoms with Crippen molar-refractivity contribution in [2.24, 2.45) is 5.73 Å². The van der Waals surface area contributed by atoms with Gasteiger partial charge in [0, 0.05) is 13.1 Å². The van der Waals surface area contributed by atoms with Crippen LogP contribution in [0.1, 0.15) is 22.8 Å². The van der Waals surface area contributed by atoms with Crippen LogP contribution in [0.4, 0.5) is 0 Å². The van der Waals surface area contributed by atoms with Crippen molar-refractivity contribution in [3.8, 4) is 5.75 Å². The predicted octanol–water partition coefficient (Wildman–Crippen LogP) is 0.889. The molecule has 0 aliphatic carbocycles. The number of carbonyl (C=O) groups excluding carboxylic acids is 1. The average molecular weight is 264 g/mol. The van der Waals surface area contributed by atoms with Crippen molar-refractivity contribution in [3.63, 3.8) is 0 Å². The number of amides is 1. The fourth-order valence-corrected chi connectivity index (χ4v) is 2.22. The van der Waals surface area contributed by atoms with E-state index in [2.05, 4.69) is 0 Å². The largest absolute Gasteiger partial charge is 0.507 e. The number of phenols is 1. The Kier molecular flexibility index (Phi) is 4.07. The van der Waals surface area contributed by atoms with Gasteiger partial charge in [-0.25, -0.2) is 0 Å². The fourth-order valence-electron chi connectivity index (χ4n) is 2.22. The van der Waals surface area contributed by atoms with E-state index in [1.807, 2.05) is 19.9 Å². The Balaban J connectivity index is 2.22. The van der Waals surface area contributed by atoms with Crippen molar-refractivity contribution in [2.45, 2.75) is 26.0 Å². The van der Waals surface area contributed by atoms with E-state index in [-0.39, 0.29) is 23.8 Å². The number of ether oxygens (including phenoxy) is 1. The number of aryl methyl sites for hydroxylation is 1. The standard InChI is InChI=1S/C14H20N2O3/c1-9-3-4-12(13(17)5-9)14(18)16-7-11(6-15)19-8-10(16)2/h3-5,10-11,17H,6-8,15H2,1-2H3. The maximum atomic E-state index is 12.5. The molecule has 1 fully saturated rings. The number of phenolic OH excluding ortho intramolecular Hbond substituents is 1. The van der Waals surface area contributed by atoms with E-state index in [0.29, 0.717) is 25.3 Å². The molecular formula is C14H20N2O3. The van der Waals surface area contributed by atoms with Gasteiger partial charge >= 0.3 is 0 Å². The summed E-state index contributed by atoms with van der Waals surface area (Å²) in [7, 11) is 0. The summed E-state index contributed by atoms with van der Waals surface area (Å²) in [6, 6.07) is 5.06. The second-order valence-corrected chi connectivity index (χ2v) is 5.02. The van der Waals surface area contributed by atoms with Gasteiger partial charge in [-0.1, -0.05) is 6.07 Å². The molecule has 104 valence electrons. The molecule has 0 bridgehead atoms. The zero-order valence-corrected chi connectivity index (χ0v) is 11.3. The molecular weight excluding hydrogens is 244 g/mol. The Morgan fingerprint density at radius 1 is 1.58 bits per heavy atom. The Hall–Kier alpha value is -1.59. The first-order valence-corrected chi connectivity index (χ1v) is 6.45. The van der Waals surface area contributed by atoms with Crippen LogP contribution in [0.25, 0.3) is 0 Å². The quantitative estimate of drug-likeness (QED) is 0.831. The maximum absolute atomic E-state index is 12.5. The van der Waals surface area contributed by atoms with Gasteiger partial charge in [0.15, 0.2) is 0 Å². The molecule has 1 aliphatic rings. The summed E-state index contributed by atoms with van der Waals surface area (Å²) < 4.78 is 5.52. The lowest BCUT2D eigenvalue weighted by atomic mass is 10.1. The first kappa shape index (κ1) is 13.8. The van der Waals surface area contributed by atoms with E-state index in [9.17, 15) is 9.90 Å². The lowest BCUT2D eigenvalue weighted by molar-refractivity contribution is -0.0426. The molecule has 0 radical (unpaired) electrons. The molecule has 5 nitrogen and oxygen atoms in total. The third-order valence-electron chi connectivity index (χ3n) is 3.41. The minimum absolute atomic E-state index is 0.0176. The fraction of sp³-hybridized carbons (Fsp3) is 0.500. The summed E-state index contributed by atoms with van der Waals surface area (Å²) >= 11 is 0. The maximum Gasteiger partial charge on any atom is 0.258 e. The van der Waals surface area contributed by atoms with Gasteiger partial charge in [-0.3, -0.25) is 4.79 Å². The van der Waals surface area contributed by atoms with Crippen molar-refractivity contribution in [2.75, 3.05) is 19.7 Å². The van der Waals surface area contributed by atoms with Crippen molar-refractivity contribution in [1.82, 2.24) is 4.90 Å². The van der Waals surface area contributed by atoms with Crippen molar-refractivity contribution >= 4 is 5.91 Å². The second-order valence-electron chi connectivity index (χ2n) is 5.02. The molecule has 0 aromatic heterocycles. The SMILES string of the molecule is Cc1ccc(C(=O)N2CC(CN)OCC2C)c(O)c1. The van der Waals surface area contributed by atoms with Gasteiger partial charge in [0.2, 0.25) is 0 Å². The minimum atomic E-state index is -0.174. The van der Waals surface area contributed by atoms with Crippen LogP contribution in [0.15, 0.2) is 18.2 Å². The van der Waals surface area contributed by atoms with Crippen molar-refractivity contribution < 1.29 is 14.6 Å². The molecule has 1 aromatic carbocycles. The molecule has 19 heavy (non-hydrogen) atoms. The molecule has 2 unspecified atom stereocenters. The normalized spacial score (nSPS) is 23.4. The van der Waals surface area contributed by atoms with E-state index in [1.165, 1.54) is 0 Å². The summed E-state index contributed by atoms with van der Waals surface area (Å²) in [6.45, 7) is 5.12. The van der Waals surface area contributed by atoms with Crippen LogP contribution in [0.5, 0.6) is 5.75 Å². The molecule has 1 heterocycles. The Bertz CT molecular complexity index is 476. The Labute approximate surface area is 113 Å². The number of carbonyl (C=O) groups is 1.